The monoisotopic (exact) mass is 633 g/mol. The second-order valence-electron chi connectivity index (χ2n) is 14.5. The number of hydrogen-bond donors (Lipinski definition) is 2. The molecule has 2 aliphatic rings. The summed E-state index contributed by atoms with van der Waals surface area (Å²) in [6.45, 7) is 18.0. The predicted molar refractivity (Wildman–Crippen MR) is 181 cm³/mol. The third-order valence-electron chi connectivity index (χ3n) is 9.33. The van der Waals surface area contributed by atoms with Gasteiger partial charge in [0.2, 0.25) is 0 Å². The van der Waals surface area contributed by atoms with Gasteiger partial charge in [-0.25, -0.2) is 4.79 Å². The first kappa shape index (κ1) is 33.4. The van der Waals surface area contributed by atoms with Crippen molar-refractivity contribution in [2.75, 3.05) is 24.5 Å². The molecule has 5 rings (SSSR count). The molecule has 0 unspecified atom stereocenters. The number of aliphatic hydroxyl groups is 1. The Balaban J connectivity index is 1.60. The standard InChI is InChI=1S/C37H48ClN3O4/c1-23-9-8-10-29(38)28(23)21-40-16-13-25-19-26(11-12-27(25)20-40)32-30(22-42)39-24(2)31(34(35(43)44)45-36(3,4)5)33(32)41-17-14-37(6,7)15-18-41/h8-12,19,34,42H,13-18,20-22H2,1-7H3,(H,43,44)/t34-/m0/s1. The minimum atomic E-state index is -1.20. The van der Waals surface area contributed by atoms with Crippen LogP contribution >= 0.6 is 11.6 Å². The number of aromatic nitrogens is 1. The summed E-state index contributed by atoms with van der Waals surface area (Å²) in [5.74, 6) is -1.05. The Morgan fingerprint density at radius 1 is 1.09 bits per heavy atom. The van der Waals surface area contributed by atoms with Crippen LogP contribution in [-0.2, 0) is 35.6 Å². The second-order valence-corrected chi connectivity index (χ2v) is 14.9. The van der Waals surface area contributed by atoms with E-state index in [1.807, 2.05) is 39.8 Å². The van der Waals surface area contributed by atoms with Crippen LogP contribution in [0, 0.1) is 19.3 Å². The van der Waals surface area contributed by atoms with E-state index < -0.39 is 17.7 Å². The molecule has 1 fully saturated rings. The summed E-state index contributed by atoms with van der Waals surface area (Å²) in [5.41, 5.74) is 8.69. The second kappa shape index (κ2) is 13.0. The van der Waals surface area contributed by atoms with E-state index in [2.05, 4.69) is 54.8 Å². The predicted octanol–water partition coefficient (Wildman–Crippen LogP) is 7.64. The lowest BCUT2D eigenvalue weighted by molar-refractivity contribution is -0.160. The van der Waals surface area contributed by atoms with Crippen LogP contribution < -0.4 is 4.90 Å². The number of pyridine rings is 1. The fraction of sp³-hybridized carbons (Fsp3) is 0.514. The molecule has 1 saturated heterocycles. The van der Waals surface area contributed by atoms with Crippen LogP contribution in [0.1, 0.15) is 92.8 Å². The summed E-state index contributed by atoms with van der Waals surface area (Å²) >= 11 is 6.56. The number of benzene rings is 2. The number of piperidine rings is 1. The maximum Gasteiger partial charge on any atom is 0.337 e. The summed E-state index contributed by atoms with van der Waals surface area (Å²) in [4.78, 5) is 22.4. The van der Waals surface area contributed by atoms with Gasteiger partial charge in [0.1, 0.15) is 0 Å². The van der Waals surface area contributed by atoms with E-state index in [0.29, 0.717) is 17.0 Å². The number of carbonyl (C=O) groups is 1. The highest BCUT2D eigenvalue weighted by molar-refractivity contribution is 6.31. The fourth-order valence-corrected chi connectivity index (χ4v) is 7.02. The Labute approximate surface area is 273 Å². The van der Waals surface area contributed by atoms with E-state index in [4.69, 9.17) is 21.3 Å². The van der Waals surface area contributed by atoms with Crippen LogP contribution in [0.4, 0.5) is 5.69 Å². The minimum Gasteiger partial charge on any atom is -0.479 e. The third-order valence-corrected chi connectivity index (χ3v) is 9.69. The molecular formula is C37H48ClN3O4. The van der Waals surface area contributed by atoms with E-state index >= 15 is 0 Å². The molecule has 242 valence electrons. The molecule has 2 aliphatic heterocycles. The molecule has 2 N–H and O–H groups in total. The summed E-state index contributed by atoms with van der Waals surface area (Å²) in [5, 5.41) is 21.9. The van der Waals surface area contributed by atoms with E-state index in [0.717, 1.165) is 73.8 Å². The maximum absolute atomic E-state index is 12.8. The van der Waals surface area contributed by atoms with E-state index in [1.165, 1.54) is 22.3 Å². The molecule has 7 nitrogen and oxygen atoms in total. The highest BCUT2D eigenvalue weighted by atomic mass is 35.5. The zero-order valence-corrected chi connectivity index (χ0v) is 28.6. The molecule has 0 amide bonds. The number of hydrogen-bond acceptors (Lipinski definition) is 6. The molecule has 0 saturated carbocycles. The molecule has 45 heavy (non-hydrogen) atoms. The van der Waals surface area contributed by atoms with Gasteiger partial charge in [0.15, 0.2) is 6.10 Å². The largest absolute Gasteiger partial charge is 0.479 e. The van der Waals surface area contributed by atoms with Crippen LogP contribution in [-0.4, -0.2) is 51.3 Å². The molecular weight excluding hydrogens is 586 g/mol. The van der Waals surface area contributed by atoms with Gasteiger partial charge in [-0.2, -0.15) is 0 Å². The summed E-state index contributed by atoms with van der Waals surface area (Å²) in [6, 6.07) is 12.6. The number of carboxylic acids is 1. The molecule has 1 aromatic heterocycles. The van der Waals surface area contributed by atoms with Gasteiger partial charge in [-0.1, -0.05) is 55.8 Å². The number of aliphatic carboxylic acids is 1. The number of carboxylic acid groups (broad SMARTS) is 1. The normalized spacial score (nSPS) is 17.7. The van der Waals surface area contributed by atoms with E-state index in [1.54, 1.807) is 0 Å². The number of fused-ring (bicyclic) bond motifs is 1. The van der Waals surface area contributed by atoms with Gasteiger partial charge in [-0.3, -0.25) is 9.88 Å². The highest BCUT2D eigenvalue weighted by Gasteiger charge is 2.37. The van der Waals surface area contributed by atoms with Crippen LogP contribution in [0.5, 0.6) is 0 Å². The zero-order valence-electron chi connectivity index (χ0n) is 27.8. The zero-order chi connectivity index (χ0) is 32.7. The number of anilines is 1. The van der Waals surface area contributed by atoms with Gasteiger partial charge >= 0.3 is 5.97 Å². The van der Waals surface area contributed by atoms with Gasteiger partial charge < -0.3 is 19.8 Å². The van der Waals surface area contributed by atoms with Gasteiger partial charge in [-0.15, -0.1) is 0 Å². The van der Waals surface area contributed by atoms with Crippen molar-refractivity contribution in [1.29, 1.82) is 0 Å². The topological polar surface area (TPSA) is 86.1 Å². The van der Waals surface area contributed by atoms with E-state index in [-0.39, 0.29) is 12.0 Å². The Hall–Kier alpha value is -2.97. The Morgan fingerprint density at radius 2 is 1.80 bits per heavy atom. The molecule has 2 aromatic carbocycles. The first-order valence-electron chi connectivity index (χ1n) is 16.1. The smallest absolute Gasteiger partial charge is 0.337 e. The van der Waals surface area contributed by atoms with Gasteiger partial charge in [0, 0.05) is 54.6 Å². The number of aliphatic hydroxyl groups excluding tert-OH is 1. The Kier molecular flexibility index (Phi) is 9.67. The van der Waals surface area contributed by atoms with E-state index in [9.17, 15) is 15.0 Å². The molecule has 1 atom stereocenters. The summed E-state index contributed by atoms with van der Waals surface area (Å²) < 4.78 is 6.23. The van der Waals surface area contributed by atoms with Crippen molar-refractivity contribution in [2.24, 2.45) is 5.41 Å². The number of ether oxygens (including phenoxy) is 1. The molecule has 3 heterocycles. The van der Waals surface area contributed by atoms with Crippen LogP contribution in [0.3, 0.4) is 0 Å². The van der Waals surface area contributed by atoms with Crippen LogP contribution in [0.2, 0.25) is 5.02 Å². The summed E-state index contributed by atoms with van der Waals surface area (Å²) in [6.07, 6.45) is 1.63. The quantitative estimate of drug-likeness (QED) is 0.264. The third kappa shape index (κ3) is 7.38. The minimum absolute atomic E-state index is 0.201. The lowest BCUT2D eigenvalue weighted by Gasteiger charge is -2.41. The van der Waals surface area contributed by atoms with Crippen LogP contribution in [0.25, 0.3) is 11.1 Å². The van der Waals surface area contributed by atoms with Crippen molar-refractivity contribution in [3.05, 3.63) is 80.6 Å². The SMILES string of the molecule is Cc1cccc(Cl)c1CN1CCc2cc(-c3c(CO)nc(C)c([C@H](OC(C)(C)C)C(=O)O)c3N3CCC(C)(C)CC3)ccc2C1. The average molecular weight is 634 g/mol. The first-order chi connectivity index (χ1) is 21.2. The molecule has 8 heteroatoms. The number of halogens is 1. The number of rotatable bonds is 8. The lowest BCUT2D eigenvalue weighted by Crippen LogP contribution is -2.39. The molecule has 0 spiro atoms. The highest BCUT2D eigenvalue weighted by Crippen LogP contribution is 2.45. The number of nitrogens with zero attached hydrogens (tertiary/aromatic N) is 3. The van der Waals surface area contributed by atoms with Crippen molar-refractivity contribution in [3.63, 3.8) is 0 Å². The molecule has 0 aliphatic carbocycles. The Morgan fingerprint density at radius 3 is 2.42 bits per heavy atom. The van der Waals surface area contributed by atoms with Crippen molar-refractivity contribution in [2.45, 2.75) is 99.1 Å². The maximum atomic E-state index is 12.8. The fourth-order valence-electron chi connectivity index (χ4n) is 6.74. The van der Waals surface area contributed by atoms with Crippen molar-refractivity contribution in [3.8, 4) is 11.1 Å². The summed E-state index contributed by atoms with van der Waals surface area (Å²) in [7, 11) is 0. The molecule has 0 bridgehead atoms. The molecule has 0 radical (unpaired) electrons. The van der Waals surface area contributed by atoms with Gasteiger partial charge in [-0.05, 0) is 93.2 Å². The van der Waals surface area contributed by atoms with Crippen molar-refractivity contribution in [1.82, 2.24) is 9.88 Å². The Bertz CT molecular complexity index is 1550. The lowest BCUT2D eigenvalue weighted by atomic mass is 9.81. The van der Waals surface area contributed by atoms with Crippen molar-refractivity contribution < 1.29 is 19.7 Å². The van der Waals surface area contributed by atoms with Gasteiger partial charge in [0.05, 0.1) is 23.6 Å². The van der Waals surface area contributed by atoms with Crippen LogP contribution in [0.15, 0.2) is 36.4 Å². The number of aryl methyl sites for hydroxylation is 2. The van der Waals surface area contributed by atoms with Crippen molar-refractivity contribution >= 4 is 23.3 Å². The average Bonchev–Trinajstić information content (AvgIpc) is 2.97. The molecule has 3 aromatic rings. The van der Waals surface area contributed by atoms with Gasteiger partial charge in [0.25, 0.3) is 0 Å². The first-order valence-corrected chi connectivity index (χ1v) is 16.4.